The molecule has 0 heterocycles. The molecule has 1 aromatic rings. The fraction of sp³-hybridized carbons (Fsp3) is 0.500. The van der Waals surface area contributed by atoms with Gasteiger partial charge in [-0.25, -0.2) is 0 Å². The predicted octanol–water partition coefficient (Wildman–Crippen LogP) is 2.32. The summed E-state index contributed by atoms with van der Waals surface area (Å²) in [6.45, 7) is 0.332. The normalized spacial score (nSPS) is 15.2. The van der Waals surface area contributed by atoms with Gasteiger partial charge in [-0.05, 0) is 45.1 Å². The first kappa shape index (κ1) is 15.5. The fourth-order valence-electron chi connectivity index (χ4n) is 2.59. The van der Waals surface area contributed by atoms with E-state index < -0.39 is 0 Å². The lowest BCUT2D eigenvalue weighted by Gasteiger charge is -2.13. The summed E-state index contributed by atoms with van der Waals surface area (Å²) in [4.78, 5) is 25.6. The third-order valence-electron chi connectivity index (χ3n) is 3.60. The van der Waals surface area contributed by atoms with E-state index in [1.165, 1.54) is 0 Å². The van der Waals surface area contributed by atoms with Gasteiger partial charge in [0, 0.05) is 17.3 Å². The van der Waals surface area contributed by atoms with Crippen molar-refractivity contribution < 1.29 is 9.59 Å². The Balaban J connectivity index is 1.94. The van der Waals surface area contributed by atoms with Crippen molar-refractivity contribution in [3.63, 3.8) is 0 Å². The molecular formula is C16H23N3O2. The molecule has 1 aliphatic rings. The molecule has 0 spiro atoms. The van der Waals surface area contributed by atoms with E-state index in [4.69, 9.17) is 0 Å². The second kappa shape index (κ2) is 7.22. The first-order chi connectivity index (χ1) is 10.0. The van der Waals surface area contributed by atoms with E-state index in [1.807, 2.05) is 32.3 Å². The number of carbonyl (C=O) groups is 2. The number of rotatable bonds is 5. The number of benzene rings is 1. The molecule has 0 aliphatic heterocycles. The van der Waals surface area contributed by atoms with Gasteiger partial charge in [-0.1, -0.05) is 18.9 Å². The van der Waals surface area contributed by atoms with Gasteiger partial charge in [0.2, 0.25) is 11.8 Å². The van der Waals surface area contributed by atoms with E-state index in [0.29, 0.717) is 12.2 Å². The van der Waals surface area contributed by atoms with Crippen LogP contribution < -0.4 is 10.6 Å². The smallest absolute Gasteiger partial charge is 0.238 e. The summed E-state index contributed by atoms with van der Waals surface area (Å²) in [6.07, 6.45) is 4.23. The maximum atomic E-state index is 12.1. The number of nitrogens with one attached hydrogen (secondary N) is 2. The summed E-state index contributed by atoms with van der Waals surface area (Å²) in [7, 11) is 3.69. The fourth-order valence-corrected chi connectivity index (χ4v) is 2.59. The predicted molar refractivity (Wildman–Crippen MR) is 84.2 cm³/mol. The quantitative estimate of drug-likeness (QED) is 0.874. The molecule has 0 unspecified atom stereocenters. The maximum Gasteiger partial charge on any atom is 0.238 e. The highest BCUT2D eigenvalue weighted by molar-refractivity contribution is 5.95. The molecule has 1 aromatic carbocycles. The molecular weight excluding hydrogens is 266 g/mol. The van der Waals surface area contributed by atoms with Crippen molar-refractivity contribution >= 4 is 23.2 Å². The SMILES string of the molecule is CN(C)CC(=O)Nc1cccc(NC(=O)C2CCCC2)c1. The Hall–Kier alpha value is -1.88. The van der Waals surface area contributed by atoms with Crippen LogP contribution in [0.4, 0.5) is 11.4 Å². The number of likely N-dealkylation sites (N-methyl/N-ethyl adjacent to an activating group) is 1. The Morgan fingerprint density at radius 2 is 1.76 bits per heavy atom. The lowest BCUT2D eigenvalue weighted by Crippen LogP contribution is -2.27. The topological polar surface area (TPSA) is 61.4 Å². The number of amides is 2. The van der Waals surface area contributed by atoms with Crippen molar-refractivity contribution in [2.45, 2.75) is 25.7 Å². The van der Waals surface area contributed by atoms with Gasteiger partial charge in [0.1, 0.15) is 0 Å². The molecule has 0 saturated heterocycles. The van der Waals surface area contributed by atoms with Crippen LogP contribution in [0.5, 0.6) is 0 Å². The van der Waals surface area contributed by atoms with Gasteiger partial charge >= 0.3 is 0 Å². The Morgan fingerprint density at radius 3 is 2.38 bits per heavy atom. The third kappa shape index (κ3) is 4.86. The number of anilines is 2. The first-order valence-corrected chi connectivity index (χ1v) is 7.40. The van der Waals surface area contributed by atoms with Gasteiger partial charge < -0.3 is 15.5 Å². The van der Waals surface area contributed by atoms with Crippen molar-refractivity contribution in [2.75, 3.05) is 31.3 Å². The van der Waals surface area contributed by atoms with E-state index in [-0.39, 0.29) is 17.7 Å². The van der Waals surface area contributed by atoms with Crippen molar-refractivity contribution in [2.24, 2.45) is 5.92 Å². The zero-order valence-electron chi connectivity index (χ0n) is 12.7. The van der Waals surface area contributed by atoms with Gasteiger partial charge in [0.25, 0.3) is 0 Å². The Kier molecular flexibility index (Phi) is 5.33. The first-order valence-electron chi connectivity index (χ1n) is 7.40. The van der Waals surface area contributed by atoms with E-state index in [2.05, 4.69) is 10.6 Å². The minimum atomic E-state index is -0.0701. The average Bonchev–Trinajstić information content (AvgIpc) is 2.91. The molecule has 0 aromatic heterocycles. The average molecular weight is 289 g/mol. The van der Waals surface area contributed by atoms with Gasteiger partial charge in [-0.15, -0.1) is 0 Å². The van der Waals surface area contributed by atoms with E-state index in [0.717, 1.165) is 31.4 Å². The van der Waals surface area contributed by atoms with Crippen molar-refractivity contribution in [1.29, 1.82) is 0 Å². The summed E-state index contributed by atoms with van der Waals surface area (Å²) in [5.41, 5.74) is 1.43. The van der Waals surface area contributed by atoms with Crippen LogP contribution in [0.1, 0.15) is 25.7 Å². The minimum absolute atomic E-state index is 0.0701. The Morgan fingerprint density at radius 1 is 1.14 bits per heavy atom. The Bertz CT molecular complexity index is 508. The van der Waals surface area contributed by atoms with Crippen molar-refractivity contribution in [3.05, 3.63) is 24.3 Å². The molecule has 0 atom stereocenters. The zero-order chi connectivity index (χ0) is 15.2. The summed E-state index contributed by atoms with van der Waals surface area (Å²) < 4.78 is 0. The van der Waals surface area contributed by atoms with Crippen molar-refractivity contribution in [3.8, 4) is 0 Å². The summed E-state index contributed by atoms with van der Waals surface area (Å²) in [5, 5.41) is 5.76. The van der Waals surface area contributed by atoms with Gasteiger partial charge in [-0.3, -0.25) is 9.59 Å². The summed E-state index contributed by atoms with van der Waals surface area (Å²) >= 11 is 0. The highest BCUT2D eigenvalue weighted by Crippen LogP contribution is 2.26. The van der Waals surface area contributed by atoms with Crippen LogP contribution in [0.2, 0.25) is 0 Å². The van der Waals surface area contributed by atoms with Crippen LogP contribution in [-0.2, 0) is 9.59 Å². The molecule has 2 amide bonds. The molecule has 2 N–H and O–H groups in total. The molecule has 2 rings (SSSR count). The van der Waals surface area contributed by atoms with Gasteiger partial charge in [0.05, 0.1) is 6.54 Å². The molecule has 114 valence electrons. The van der Waals surface area contributed by atoms with Crippen LogP contribution in [-0.4, -0.2) is 37.4 Å². The lowest BCUT2D eigenvalue weighted by molar-refractivity contribution is -0.119. The monoisotopic (exact) mass is 289 g/mol. The number of nitrogens with zero attached hydrogens (tertiary/aromatic N) is 1. The standard InChI is InChI=1S/C16H23N3O2/c1-19(2)11-15(20)17-13-8-5-9-14(10-13)18-16(21)12-6-3-4-7-12/h5,8-10,12H,3-4,6-7,11H2,1-2H3,(H,17,20)(H,18,21). The number of hydrogen-bond acceptors (Lipinski definition) is 3. The number of hydrogen-bond donors (Lipinski definition) is 2. The second-order valence-corrected chi connectivity index (χ2v) is 5.84. The van der Waals surface area contributed by atoms with Crippen LogP contribution in [0.3, 0.4) is 0 Å². The lowest BCUT2D eigenvalue weighted by atomic mass is 10.1. The molecule has 21 heavy (non-hydrogen) atoms. The molecule has 5 heteroatoms. The molecule has 1 fully saturated rings. The number of carbonyl (C=O) groups excluding carboxylic acids is 2. The van der Waals surface area contributed by atoms with Gasteiger partial charge in [-0.2, -0.15) is 0 Å². The van der Waals surface area contributed by atoms with Gasteiger partial charge in [0.15, 0.2) is 0 Å². The minimum Gasteiger partial charge on any atom is -0.326 e. The molecule has 5 nitrogen and oxygen atoms in total. The van der Waals surface area contributed by atoms with Crippen molar-refractivity contribution in [1.82, 2.24) is 4.90 Å². The third-order valence-corrected chi connectivity index (χ3v) is 3.60. The molecule has 0 bridgehead atoms. The molecule has 1 saturated carbocycles. The zero-order valence-corrected chi connectivity index (χ0v) is 12.7. The highest BCUT2D eigenvalue weighted by Gasteiger charge is 2.22. The highest BCUT2D eigenvalue weighted by atomic mass is 16.2. The summed E-state index contributed by atoms with van der Waals surface area (Å²) in [6, 6.07) is 7.28. The van der Waals surface area contributed by atoms with Crippen LogP contribution in [0.15, 0.2) is 24.3 Å². The van der Waals surface area contributed by atoms with Crippen LogP contribution in [0.25, 0.3) is 0 Å². The van der Waals surface area contributed by atoms with Crippen LogP contribution in [0, 0.1) is 5.92 Å². The van der Waals surface area contributed by atoms with E-state index in [9.17, 15) is 9.59 Å². The molecule has 1 aliphatic carbocycles. The second-order valence-electron chi connectivity index (χ2n) is 5.84. The summed E-state index contributed by atoms with van der Waals surface area (Å²) in [5.74, 6) is 0.153. The van der Waals surface area contributed by atoms with E-state index >= 15 is 0 Å². The van der Waals surface area contributed by atoms with E-state index in [1.54, 1.807) is 11.0 Å². The Labute approximate surface area is 125 Å². The molecule has 0 radical (unpaired) electrons. The maximum absolute atomic E-state index is 12.1. The largest absolute Gasteiger partial charge is 0.326 e. The van der Waals surface area contributed by atoms with Crippen LogP contribution >= 0.6 is 0 Å².